The van der Waals surface area contributed by atoms with Crippen molar-refractivity contribution in [2.45, 2.75) is 6.54 Å². The minimum absolute atomic E-state index is 0.360. The van der Waals surface area contributed by atoms with Gasteiger partial charge in [-0.15, -0.1) is 0 Å². The van der Waals surface area contributed by atoms with E-state index < -0.39 is 11.6 Å². The molecular weight excluding hydrogens is 296 g/mol. The largest absolute Gasteiger partial charge is 0.477 e. The lowest BCUT2D eigenvalue weighted by molar-refractivity contribution is 0.0692. The Labute approximate surface area is 131 Å². The Balaban J connectivity index is 1.95. The van der Waals surface area contributed by atoms with Crippen molar-refractivity contribution in [1.82, 2.24) is 4.98 Å². The van der Waals surface area contributed by atoms with Gasteiger partial charge in [-0.3, -0.25) is 4.98 Å². The first-order chi connectivity index (χ1) is 11.0. The fourth-order valence-electron chi connectivity index (χ4n) is 2.34. The van der Waals surface area contributed by atoms with Gasteiger partial charge in [-0.25, -0.2) is 9.59 Å². The average molecular weight is 310 g/mol. The zero-order valence-corrected chi connectivity index (χ0v) is 12.4. The summed E-state index contributed by atoms with van der Waals surface area (Å²) in [4.78, 5) is 28.6. The van der Waals surface area contributed by atoms with Gasteiger partial charge in [0.25, 0.3) is 0 Å². The SMILES string of the molecule is CN(Cc1ccncc1)c1ccc2cc(C(=O)O)c(=O)oc2c1. The molecule has 0 aliphatic rings. The number of carboxylic acids is 1. The third-order valence-corrected chi connectivity index (χ3v) is 3.56. The zero-order valence-electron chi connectivity index (χ0n) is 12.4. The number of aromatic carboxylic acids is 1. The summed E-state index contributed by atoms with van der Waals surface area (Å²) in [7, 11) is 1.92. The molecule has 0 radical (unpaired) electrons. The number of fused-ring (bicyclic) bond motifs is 1. The van der Waals surface area contributed by atoms with Gasteiger partial charge in [0.05, 0.1) is 0 Å². The van der Waals surface area contributed by atoms with Crippen molar-refractivity contribution < 1.29 is 14.3 Å². The lowest BCUT2D eigenvalue weighted by atomic mass is 10.1. The molecule has 0 amide bonds. The summed E-state index contributed by atoms with van der Waals surface area (Å²) in [6, 6.07) is 10.5. The Bertz CT molecular complexity index is 919. The van der Waals surface area contributed by atoms with Crippen molar-refractivity contribution in [1.29, 1.82) is 0 Å². The molecule has 0 saturated carbocycles. The zero-order chi connectivity index (χ0) is 16.4. The molecule has 0 bridgehead atoms. The Morgan fingerprint density at radius 3 is 2.65 bits per heavy atom. The second kappa shape index (κ2) is 5.92. The predicted octanol–water partition coefficient (Wildman–Crippen LogP) is 2.52. The molecule has 0 atom stereocenters. The van der Waals surface area contributed by atoms with Crippen LogP contribution in [-0.2, 0) is 6.54 Å². The molecule has 2 aromatic heterocycles. The van der Waals surface area contributed by atoms with Crippen molar-refractivity contribution in [3.8, 4) is 0 Å². The molecule has 3 rings (SSSR count). The van der Waals surface area contributed by atoms with Crippen LogP contribution in [0.1, 0.15) is 15.9 Å². The summed E-state index contributed by atoms with van der Waals surface area (Å²) >= 11 is 0. The van der Waals surface area contributed by atoms with Crippen LogP contribution in [-0.4, -0.2) is 23.1 Å². The van der Waals surface area contributed by atoms with E-state index in [9.17, 15) is 9.59 Å². The van der Waals surface area contributed by atoms with Crippen LogP contribution in [0.2, 0.25) is 0 Å². The highest BCUT2D eigenvalue weighted by Gasteiger charge is 2.13. The molecule has 2 heterocycles. The molecule has 3 aromatic rings. The van der Waals surface area contributed by atoms with Gasteiger partial charge in [0, 0.05) is 43.1 Å². The second-order valence-corrected chi connectivity index (χ2v) is 5.19. The highest BCUT2D eigenvalue weighted by atomic mass is 16.4. The molecule has 116 valence electrons. The Kier molecular flexibility index (Phi) is 3.80. The van der Waals surface area contributed by atoms with Gasteiger partial charge in [-0.2, -0.15) is 0 Å². The monoisotopic (exact) mass is 310 g/mol. The Morgan fingerprint density at radius 2 is 1.96 bits per heavy atom. The number of carboxylic acid groups (broad SMARTS) is 1. The molecular formula is C17H14N2O4. The molecule has 1 aromatic carbocycles. The average Bonchev–Trinajstić information content (AvgIpc) is 2.54. The third kappa shape index (κ3) is 3.06. The van der Waals surface area contributed by atoms with E-state index in [-0.39, 0.29) is 5.56 Å². The number of pyridine rings is 1. The first kappa shape index (κ1) is 14.8. The summed E-state index contributed by atoms with van der Waals surface area (Å²) in [5, 5.41) is 9.53. The van der Waals surface area contributed by atoms with Crippen LogP contribution in [0.4, 0.5) is 5.69 Å². The van der Waals surface area contributed by atoms with Crippen molar-refractivity contribution in [2.24, 2.45) is 0 Å². The summed E-state index contributed by atoms with van der Waals surface area (Å²) in [6.07, 6.45) is 3.46. The van der Waals surface area contributed by atoms with E-state index >= 15 is 0 Å². The highest BCUT2D eigenvalue weighted by molar-refractivity contribution is 5.92. The van der Waals surface area contributed by atoms with Crippen molar-refractivity contribution >= 4 is 22.6 Å². The van der Waals surface area contributed by atoms with Crippen molar-refractivity contribution in [2.75, 3.05) is 11.9 Å². The molecule has 23 heavy (non-hydrogen) atoms. The molecule has 0 unspecified atom stereocenters. The van der Waals surface area contributed by atoms with Crippen LogP contribution in [0.15, 0.2) is 58.0 Å². The van der Waals surface area contributed by atoms with Crippen LogP contribution in [0.5, 0.6) is 0 Å². The number of aromatic nitrogens is 1. The number of hydrogen-bond acceptors (Lipinski definition) is 5. The predicted molar refractivity (Wildman–Crippen MR) is 85.8 cm³/mol. The van der Waals surface area contributed by atoms with Gasteiger partial charge in [-0.1, -0.05) is 0 Å². The standard InChI is InChI=1S/C17H14N2O4/c1-19(10-11-4-6-18-7-5-11)13-3-2-12-8-14(16(20)21)17(22)23-15(12)9-13/h2-9H,10H2,1H3,(H,20,21). The normalized spacial score (nSPS) is 10.7. The second-order valence-electron chi connectivity index (χ2n) is 5.19. The summed E-state index contributed by atoms with van der Waals surface area (Å²) in [5.41, 5.74) is 1.11. The maximum atomic E-state index is 11.7. The first-order valence-electron chi connectivity index (χ1n) is 6.96. The fraction of sp³-hybridized carbons (Fsp3) is 0.118. The van der Waals surface area contributed by atoms with Gasteiger partial charge >= 0.3 is 11.6 Å². The van der Waals surface area contributed by atoms with E-state index in [0.717, 1.165) is 11.3 Å². The smallest absolute Gasteiger partial charge is 0.351 e. The van der Waals surface area contributed by atoms with Gasteiger partial charge in [0.15, 0.2) is 0 Å². The Hall–Kier alpha value is -3.15. The van der Waals surface area contributed by atoms with Crippen LogP contribution in [0.3, 0.4) is 0 Å². The van der Waals surface area contributed by atoms with Gasteiger partial charge in [0.1, 0.15) is 11.1 Å². The van der Waals surface area contributed by atoms with Gasteiger partial charge in [0.2, 0.25) is 0 Å². The molecule has 0 aliphatic heterocycles. The maximum Gasteiger partial charge on any atom is 0.351 e. The van der Waals surface area contributed by atoms with E-state index in [1.54, 1.807) is 24.5 Å². The number of hydrogen-bond donors (Lipinski definition) is 1. The van der Waals surface area contributed by atoms with Gasteiger partial charge in [-0.05, 0) is 35.9 Å². The summed E-state index contributed by atoms with van der Waals surface area (Å²) in [6.45, 7) is 0.672. The van der Waals surface area contributed by atoms with Gasteiger partial charge < -0.3 is 14.4 Å². The minimum atomic E-state index is -1.29. The van der Waals surface area contributed by atoms with Crippen LogP contribution in [0, 0.1) is 0 Å². The summed E-state index contributed by atoms with van der Waals surface area (Å²) in [5.74, 6) is -1.29. The highest BCUT2D eigenvalue weighted by Crippen LogP contribution is 2.22. The molecule has 0 spiro atoms. The van der Waals surface area contributed by atoms with Crippen LogP contribution in [0.25, 0.3) is 11.0 Å². The molecule has 0 saturated heterocycles. The van der Waals surface area contributed by atoms with E-state index in [1.165, 1.54) is 6.07 Å². The fourth-order valence-corrected chi connectivity index (χ4v) is 2.34. The molecule has 6 nitrogen and oxygen atoms in total. The quantitative estimate of drug-likeness (QED) is 0.745. The Morgan fingerprint density at radius 1 is 1.22 bits per heavy atom. The first-order valence-corrected chi connectivity index (χ1v) is 6.96. The number of nitrogens with zero attached hydrogens (tertiary/aromatic N) is 2. The lowest BCUT2D eigenvalue weighted by Gasteiger charge is -2.19. The van der Waals surface area contributed by atoms with E-state index in [2.05, 4.69) is 4.98 Å². The maximum absolute atomic E-state index is 11.7. The number of benzene rings is 1. The van der Waals surface area contributed by atoms with E-state index in [4.69, 9.17) is 9.52 Å². The van der Waals surface area contributed by atoms with Crippen molar-refractivity contribution in [3.63, 3.8) is 0 Å². The summed E-state index contributed by atoms with van der Waals surface area (Å²) < 4.78 is 5.12. The van der Waals surface area contributed by atoms with E-state index in [1.807, 2.05) is 30.1 Å². The van der Waals surface area contributed by atoms with Crippen LogP contribution < -0.4 is 10.5 Å². The van der Waals surface area contributed by atoms with E-state index in [0.29, 0.717) is 17.5 Å². The molecule has 0 fully saturated rings. The lowest BCUT2D eigenvalue weighted by Crippen LogP contribution is -2.16. The number of rotatable bonds is 4. The van der Waals surface area contributed by atoms with Crippen molar-refractivity contribution in [3.05, 3.63) is 70.3 Å². The topological polar surface area (TPSA) is 83.6 Å². The molecule has 6 heteroatoms. The minimum Gasteiger partial charge on any atom is -0.477 e. The molecule has 1 N–H and O–H groups in total. The number of anilines is 1. The number of carbonyl (C=O) groups is 1. The van der Waals surface area contributed by atoms with Crippen LogP contribution >= 0.6 is 0 Å². The third-order valence-electron chi connectivity index (χ3n) is 3.56. The molecule has 0 aliphatic carbocycles.